The molecule has 0 bridgehead atoms. The van der Waals surface area contributed by atoms with Gasteiger partial charge in [-0.15, -0.1) is 0 Å². The fraction of sp³-hybridized carbons (Fsp3) is 0.333. The largest absolute Gasteiger partial charge is 0.481 e. The van der Waals surface area contributed by atoms with Crippen LogP contribution in [0.4, 0.5) is 0 Å². The molecule has 2 rings (SSSR count). The van der Waals surface area contributed by atoms with Gasteiger partial charge in [-0.05, 0) is 18.1 Å². The van der Waals surface area contributed by atoms with Crippen molar-refractivity contribution in [3.63, 3.8) is 0 Å². The van der Waals surface area contributed by atoms with Gasteiger partial charge in [0.05, 0.1) is 13.3 Å². The number of ether oxygens (including phenoxy) is 1. The van der Waals surface area contributed by atoms with E-state index in [0.717, 1.165) is 24.1 Å². The second-order valence-electron chi connectivity index (χ2n) is 3.68. The molecule has 0 N–H and O–H groups in total. The Labute approximate surface area is 105 Å². The van der Waals surface area contributed by atoms with Gasteiger partial charge in [-0.2, -0.15) is 5.10 Å². The van der Waals surface area contributed by atoms with Crippen LogP contribution in [0.2, 0.25) is 5.15 Å². The molecule has 0 atom stereocenters. The fourth-order valence-electron chi connectivity index (χ4n) is 1.58. The van der Waals surface area contributed by atoms with Gasteiger partial charge >= 0.3 is 0 Å². The molecule has 2 heterocycles. The molecule has 0 spiro atoms. The van der Waals surface area contributed by atoms with Gasteiger partial charge in [-0.25, -0.2) is 4.98 Å². The minimum Gasteiger partial charge on any atom is -0.481 e. The summed E-state index contributed by atoms with van der Waals surface area (Å²) in [5.41, 5.74) is 2.10. The molecule has 4 nitrogen and oxygen atoms in total. The number of nitrogens with zero attached hydrogens (tertiary/aromatic N) is 3. The van der Waals surface area contributed by atoms with Crippen molar-refractivity contribution < 1.29 is 4.74 Å². The van der Waals surface area contributed by atoms with E-state index in [9.17, 15) is 0 Å². The van der Waals surface area contributed by atoms with Crippen molar-refractivity contribution in [3.05, 3.63) is 40.8 Å². The van der Waals surface area contributed by atoms with E-state index in [2.05, 4.69) is 17.0 Å². The Morgan fingerprint density at radius 3 is 2.82 bits per heavy atom. The highest BCUT2D eigenvalue weighted by Crippen LogP contribution is 2.20. The van der Waals surface area contributed by atoms with Crippen molar-refractivity contribution in [2.24, 2.45) is 0 Å². The molecule has 17 heavy (non-hydrogen) atoms. The first kappa shape index (κ1) is 11.9. The Hall–Kier alpha value is -1.55. The van der Waals surface area contributed by atoms with Crippen LogP contribution in [0.1, 0.15) is 18.1 Å². The van der Waals surface area contributed by atoms with Crippen molar-refractivity contribution in [1.82, 2.24) is 14.8 Å². The molecule has 0 fully saturated rings. The zero-order valence-corrected chi connectivity index (χ0v) is 10.6. The SMILES string of the molecule is CCn1cc(Cc2ccc(OC)nc2Cl)cn1. The molecule has 0 aliphatic carbocycles. The van der Waals surface area contributed by atoms with Crippen LogP contribution in [0.3, 0.4) is 0 Å². The number of rotatable bonds is 4. The summed E-state index contributed by atoms with van der Waals surface area (Å²) < 4.78 is 6.90. The van der Waals surface area contributed by atoms with Gasteiger partial charge in [-0.3, -0.25) is 4.68 Å². The summed E-state index contributed by atoms with van der Waals surface area (Å²) in [6.07, 6.45) is 4.60. The first-order valence-corrected chi connectivity index (χ1v) is 5.81. The van der Waals surface area contributed by atoms with Crippen molar-refractivity contribution in [1.29, 1.82) is 0 Å². The summed E-state index contributed by atoms with van der Waals surface area (Å²) in [4.78, 5) is 4.13. The molecule has 0 saturated carbocycles. The molecule has 90 valence electrons. The van der Waals surface area contributed by atoms with E-state index < -0.39 is 0 Å². The van der Waals surface area contributed by atoms with Crippen LogP contribution in [0.15, 0.2) is 24.5 Å². The summed E-state index contributed by atoms with van der Waals surface area (Å²) >= 11 is 6.08. The van der Waals surface area contributed by atoms with Crippen molar-refractivity contribution in [3.8, 4) is 5.88 Å². The average Bonchev–Trinajstić information content (AvgIpc) is 2.79. The maximum atomic E-state index is 6.08. The molecule has 0 aliphatic heterocycles. The maximum Gasteiger partial charge on any atom is 0.214 e. The predicted octanol–water partition coefficient (Wildman–Crippen LogP) is 2.55. The number of pyridine rings is 1. The highest BCUT2D eigenvalue weighted by Gasteiger charge is 2.06. The molecule has 0 saturated heterocycles. The molecule has 0 amide bonds. The maximum absolute atomic E-state index is 6.08. The van der Waals surface area contributed by atoms with Crippen LogP contribution in [0, 0.1) is 0 Å². The van der Waals surface area contributed by atoms with Gasteiger partial charge in [-0.1, -0.05) is 17.7 Å². The lowest BCUT2D eigenvalue weighted by Gasteiger charge is -2.04. The second-order valence-corrected chi connectivity index (χ2v) is 4.04. The second kappa shape index (κ2) is 5.19. The van der Waals surface area contributed by atoms with Gasteiger partial charge in [0.2, 0.25) is 5.88 Å². The summed E-state index contributed by atoms with van der Waals surface area (Å²) in [6.45, 7) is 2.92. The van der Waals surface area contributed by atoms with Crippen molar-refractivity contribution in [2.45, 2.75) is 19.9 Å². The average molecular weight is 252 g/mol. The fourth-order valence-corrected chi connectivity index (χ4v) is 1.80. The standard InChI is InChI=1S/C12H14ClN3O/c1-3-16-8-9(7-14-16)6-10-4-5-11(17-2)15-12(10)13/h4-5,7-8H,3,6H2,1-2H3. The van der Waals surface area contributed by atoms with E-state index in [-0.39, 0.29) is 0 Å². The Balaban J connectivity index is 2.18. The quantitative estimate of drug-likeness (QED) is 0.784. The summed E-state index contributed by atoms with van der Waals surface area (Å²) in [5.74, 6) is 0.531. The zero-order valence-electron chi connectivity index (χ0n) is 9.85. The van der Waals surface area contributed by atoms with Gasteiger partial charge in [0.15, 0.2) is 0 Å². The number of halogens is 1. The smallest absolute Gasteiger partial charge is 0.214 e. The third-order valence-corrected chi connectivity index (χ3v) is 2.84. The van der Waals surface area contributed by atoms with Gasteiger partial charge in [0.25, 0.3) is 0 Å². The first-order valence-electron chi connectivity index (χ1n) is 5.43. The summed E-state index contributed by atoms with van der Waals surface area (Å²) in [5, 5.41) is 4.70. The Morgan fingerprint density at radius 2 is 2.24 bits per heavy atom. The zero-order chi connectivity index (χ0) is 12.3. The molecule has 0 unspecified atom stereocenters. The molecule has 2 aromatic heterocycles. The Morgan fingerprint density at radius 1 is 1.41 bits per heavy atom. The monoisotopic (exact) mass is 251 g/mol. The third kappa shape index (κ3) is 2.77. The lowest BCUT2D eigenvalue weighted by molar-refractivity contribution is 0.397. The first-order chi connectivity index (χ1) is 8.22. The Bertz CT molecular complexity index is 510. The summed E-state index contributed by atoms with van der Waals surface area (Å²) in [6, 6.07) is 3.74. The molecule has 0 aromatic carbocycles. The molecular formula is C12H14ClN3O. The normalized spacial score (nSPS) is 10.5. The molecule has 0 aliphatic rings. The highest BCUT2D eigenvalue weighted by atomic mass is 35.5. The van der Waals surface area contributed by atoms with Crippen LogP contribution in [0.25, 0.3) is 0 Å². The number of hydrogen-bond acceptors (Lipinski definition) is 3. The number of hydrogen-bond donors (Lipinski definition) is 0. The van der Waals surface area contributed by atoms with Gasteiger partial charge < -0.3 is 4.74 Å². The van der Waals surface area contributed by atoms with E-state index in [0.29, 0.717) is 11.0 Å². The number of methoxy groups -OCH3 is 1. The number of aromatic nitrogens is 3. The van der Waals surface area contributed by atoms with E-state index in [1.165, 1.54) is 0 Å². The van der Waals surface area contributed by atoms with Gasteiger partial charge in [0.1, 0.15) is 5.15 Å². The molecule has 2 aromatic rings. The lowest BCUT2D eigenvalue weighted by atomic mass is 10.1. The lowest BCUT2D eigenvalue weighted by Crippen LogP contribution is -1.94. The predicted molar refractivity (Wildman–Crippen MR) is 66.5 cm³/mol. The molecule has 0 radical (unpaired) electrons. The van der Waals surface area contributed by atoms with E-state index >= 15 is 0 Å². The van der Waals surface area contributed by atoms with Crippen LogP contribution in [-0.2, 0) is 13.0 Å². The minimum absolute atomic E-state index is 0.480. The van der Waals surface area contributed by atoms with E-state index in [1.54, 1.807) is 7.11 Å². The van der Waals surface area contributed by atoms with Gasteiger partial charge in [0, 0.05) is 25.2 Å². The molecular weight excluding hydrogens is 238 g/mol. The third-order valence-electron chi connectivity index (χ3n) is 2.51. The van der Waals surface area contributed by atoms with Crippen molar-refractivity contribution in [2.75, 3.05) is 7.11 Å². The topological polar surface area (TPSA) is 39.9 Å². The van der Waals surface area contributed by atoms with Crippen LogP contribution in [0.5, 0.6) is 5.88 Å². The number of aryl methyl sites for hydroxylation is 1. The van der Waals surface area contributed by atoms with E-state index in [4.69, 9.17) is 16.3 Å². The highest BCUT2D eigenvalue weighted by molar-refractivity contribution is 6.30. The van der Waals surface area contributed by atoms with Crippen LogP contribution >= 0.6 is 11.6 Å². The van der Waals surface area contributed by atoms with E-state index in [1.807, 2.05) is 29.2 Å². The summed E-state index contributed by atoms with van der Waals surface area (Å²) in [7, 11) is 1.57. The van der Waals surface area contributed by atoms with Crippen LogP contribution in [-0.4, -0.2) is 21.9 Å². The Kier molecular flexibility index (Phi) is 3.64. The van der Waals surface area contributed by atoms with Crippen molar-refractivity contribution >= 4 is 11.6 Å². The minimum atomic E-state index is 0.480. The molecule has 5 heteroatoms. The van der Waals surface area contributed by atoms with Crippen LogP contribution < -0.4 is 4.74 Å².